The van der Waals surface area contributed by atoms with Gasteiger partial charge < -0.3 is 5.32 Å². The minimum Gasteiger partial charge on any atom is -0.325 e. The lowest BCUT2D eigenvalue weighted by molar-refractivity contribution is -0.113. The summed E-state index contributed by atoms with van der Waals surface area (Å²) in [4.78, 5) is 20.5. The number of pyridine rings is 1. The molecule has 3 aromatic rings. The van der Waals surface area contributed by atoms with E-state index in [1.54, 1.807) is 30.6 Å². The molecule has 0 spiro atoms. The molecular weight excluding hydrogens is 385 g/mol. The molecule has 4 nitrogen and oxygen atoms in total. The summed E-state index contributed by atoms with van der Waals surface area (Å²) in [6, 6.07) is 8.79. The van der Waals surface area contributed by atoms with Crippen LogP contribution in [0.1, 0.15) is 0 Å². The number of thioether (sulfide) groups is 1. The fraction of sp³-hybridized carbons (Fsp3) is 0.0625. The predicted molar refractivity (Wildman–Crippen MR) is 101 cm³/mol. The number of hydrogen-bond acceptors (Lipinski definition) is 5. The molecule has 122 valence electrons. The Labute approximate surface area is 157 Å². The zero-order valence-corrected chi connectivity index (χ0v) is 15.3. The van der Waals surface area contributed by atoms with E-state index in [-0.39, 0.29) is 11.7 Å². The van der Waals surface area contributed by atoms with Crippen molar-refractivity contribution >= 4 is 57.9 Å². The summed E-state index contributed by atoms with van der Waals surface area (Å²) < 4.78 is 0.839. The summed E-state index contributed by atoms with van der Waals surface area (Å²) >= 11 is 14.7. The third-order valence-corrected chi connectivity index (χ3v) is 5.75. The highest BCUT2D eigenvalue weighted by atomic mass is 35.5. The third-order valence-electron chi connectivity index (χ3n) is 2.99. The van der Waals surface area contributed by atoms with Crippen LogP contribution in [0.3, 0.4) is 0 Å². The van der Waals surface area contributed by atoms with Crippen LogP contribution in [0, 0.1) is 0 Å². The molecule has 2 heterocycles. The van der Waals surface area contributed by atoms with Crippen LogP contribution in [0.2, 0.25) is 10.0 Å². The highest BCUT2D eigenvalue weighted by molar-refractivity contribution is 8.01. The summed E-state index contributed by atoms with van der Waals surface area (Å²) in [7, 11) is 0. The van der Waals surface area contributed by atoms with Crippen molar-refractivity contribution in [3.63, 3.8) is 0 Å². The Balaban J connectivity index is 1.56. The van der Waals surface area contributed by atoms with Gasteiger partial charge in [0.1, 0.15) is 0 Å². The SMILES string of the molecule is O=C(CSc1nc(-c2ccncc2)cs1)Nc1ccc(Cl)c(Cl)c1. The first-order valence-electron chi connectivity index (χ1n) is 6.85. The van der Waals surface area contributed by atoms with E-state index in [1.165, 1.54) is 23.1 Å². The molecule has 8 heteroatoms. The van der Waals surface area contributed by atoms with Crippen molar-refractivity contribution < 1.29 is 4.79 Å². The topological polar surface area (TPSA) is 54.9 Å². The third kappa shape index (κ3) is 4.48. The van der Waals surface area contributed by atoms with Gasteiger partial charge in [-0.25, -0.2) is 4.98 Å². The van der Waals surface area contributed by atoms with Crippen LogP contribution < -0.4 is 5.32 Å². The molecule has 0 saturated heterocycles. The first-order valence-corrected chi connectivity index (χ1v) is 9.47. The quantitative estimate of drug-likeness (QED) is 0.599. The summed E-state index contributed by atoms with van der Waals surface area (Å²) in [5.41, 5.74) is 2.51. The average Bonchev–Trinajstić information content (AvgIpc) is 3.06. The fourth-order valence-corrected chi connectivity index (χ4v) is 3.81. The molecule has 0 aliphatic carbocycles. The summed E-state index contributed by atoms with van der Waals surface area (Å²) in [5.74, 6) is 0.142. The number of rotatable bonds is 5. The molecule has 24 heavy (non-hydrogen) atoms. The second kappa shape index (κ2) is 7.98. The number of halogens is 2. The Morgan fingerprint density at radius 2 is 1.96 bits per heavy atom. The number of benzene rings is 1. The van der Waals surface area contributed by atoms with Crippen molar-refractivity contribution in [2.24, 2.45) is 0 Å². The van der Waals surface area contributed by atoms with E-state index < -0.39 is 0 Å². The average molecular weight is 396 g/mol. The maximum absolute atomic E-state index is 12.0. The molecule has 2 aromatic heterocycles. The van der Waals surface area contributed by atoms with Crippen molar-refractivity contribution in [2.75, 3.05) is 11.1 Å². The Bertz CT molecular complexity index is 856. The van der Waals surface area contributed by atoms with Gasteiger partial charge in [0.05, 0.1) is 21.5 Å². The minimum atomic E-state index is -0.126. The van der Waals surface area contributed by atoms with Crippen LogP contribution in [0.5, 0.6) is 0 Å². The molecular formula is C16H11Cl2N3OS2. The highest BCUT2D eigenvalue weighted by Gasteiger charge is 2.09. The molecule has 1 amide bonds. The standard InChI is InChI=1S/C16H11Cl2N3OS2/c17-12-2-1-11(7-13(12)18)20-15(22)9-24-16-21-14(8-23-16)10-3-5-19-6-4-10/h1-8H,9H2,(H,20,22). The molecule has 3 rings (SSSR count). The molecule has 0 saturated carbocycles. The van der Waals surface area contributed by atoms with Crippen molar-refractivity contribution in [3.8, 4) is 11.3 Å². The van der Waals surface area contributed by atoms with Gasteiger partial charge in [-0.2, -0.15) is 0 Å². The van der Waals surface area contributed by atoms with E-state index in [2.05, 4.69) is 15.3 Å². The van der Waals surface area contributed by atoms with Crippen LogP contribution in [0.4, 0.5) is 5.69 Å². The molecule has 1 N–H and O–H groups in total. The van der Waals surface area contributed by atoms with E-state index in [4.69, 9.17) is 23.2 Å². The second-order valence-corrected chi connectivity index (χ2v) is 7.60. The number of thiazole rings is 1. The van der Waals surface area contributed by atoms with Crippen LogP contribution in [-0.2, 0) is 4.79 Å². The van der Waals surface area contributed by atoms with Gasteiger partial charge in [0, 0.05) is 29.0 Å². The molecule has 0 atom stereocenters. The lowest BCUT2D eigenvalue weighted by Gasteiger charge is -2.05. The van der Waals surface area contributed by atoms with Gasteiger partial charge in [-0.15, -0.1) is 11.3 Å². The van der Waals surface area contributed by atoms with Crippen molar-refractivity contribution in [1.82, 2.24) is 9.97 Å². The molecule has 0 fully saturated rings. The number of carbonyl (C=O) groups is 1. The normalized spacial score (nSPS) is 10.6. The van der Waals surface area contributed by atoms with Gasteiger partial charge in [0.2, 0.25) is 5.91 Å². The second-order valence-electron chi connectivity index (χ2n) is 4.70. The lowest BCUT2D eigenvalue weighted by atomic mass is 10.2. The molecule has 1 aromatic carbocycles. The van der Waals surface area contributed by atoms with E-state index in [0.29, 0.717) is 15.7 Å². The number of hydrogen-bond donors (Lipinski definition) is 1. The van der Waals surface area contributed by atoms with Crippen molar-refractivity contribution in [3.05, 3.63) is 58.2 Å². The number of nitrogens with zero attached hydrogens (tertiary/aromatic N) is 2. The molecule has 0 bridgehead atoms. The molecule has 0 aliphatic rings. The van der Waals surface area contributed by atoms with Gasteiger partial charge in [0.15, 0.2) is 4.34 Å². The summed E-state index contributed by atoms with van der Waals surface area (Å²) in [6.07, 6.45) is 3.46. The Hall–Kier alpha value is -1.60. The van der Waals surface area contributed by atoms with Gasteiger partial charge in [-0.1, -0.05) is 35.0 Å². The van der Waals surface area contributed by atoms with Gasteiger partial charge >= 0.3 is 0 Å². The zero-order valence-electron chi connectivity index (χ0n) is 12.2. The number of nitrogens with one attached hydrogen (secondary N) is 1. The first-order chi connectivity index (χ1) is 11.6. The zero-order chi connectivity index (χ0) is 16.9. The highest BCUT2D eigenvalue weighted by Crippen LogP contribution is 2.28. The van der Waals surface area contributed by atoms with E-state index in [0.717, 1.165) is 15.6 Å². The van der Waals surface area contributed by atoms with Gasteiger partial charge in [-0.05, 0) is 30.3 Å². The number of anilines is 1. The molecule has 0 aliphatic heterocycles. The number of amides is 1. The number of aromatic nitrogens is 2. The largest absolute Gasteiger partial charge is 0.325 e. The smallest absolute Gasteiger partial charge is 0.234 e. The van der Waals surface area contributed by atoms with E-state index >= 15 is 0 Å². The maximum Gasteiger partial charge on any atom is 0.234 e. The maximum atomic E-state index is 12.0. The Morgan fingerprint density at radius 3 is 2.71 bits per heavy atom. The fourth-order valence-electron chi connectivity index (χ4n) is 1.88. The van der Waals surface area contributed by atoms with E-state index in [1.807, 2.05) is 17.5 Å². The van der Waals surface area contributed by atoms with Gasteiger partial charge in [0.25, 0.3) is 0 Å². The Morgan fingerprint density at radius 1 is 1.17 bits per heavy atom. The van der Waals surface area contributed by atoms with E-state index in [9.17, 15) is 4.79 Å². The number of carbonyl (C=O) groups excluding carboxylic acids is 1. The van der Waals surface area contributed by atoms with Crippen LogP contribution in [0.15, 0.2) is 52.4 Å². The summed E-state index contributed by atoms with van der Waals surface area (Å²) in [6.45, 7) is 0. The minimum absolute atomic E-state index is 0.126. The Kier molecular flexibility index (Phi) is 5.73. The van der Waals surface area contributed by atoms with Crippen LogP contribution in [0.25, 0.3) is 11.3 Å². The van der Waals surface area contributed by atoms with Crippen LogP contribution >= 0.6 is 46.3 Å². The first kappa shape index (κ1) is 17.2. The van der Waals surface area contributed by atoms with Crippen molar-refractivity contribution in [1.29, 1.82) is 0 Å². The predicted octanol–water partition coefficient (Wildman–Crippen LogP) is 5.24. The van der Waals surface area contributed by atoms with Crippen LogP contribution in [-0.4, -0.2) is 21.6 Å². The summed E-state index contributed by atoms with van der Waals surface area (Å²) in [5, 5.41) is 5.61. The lowest BCUT2D eigenvalue weighted by Crippen LogP contribution is -2.13. The van der Waals surface area contributed by atoms with Crippen molar-refractivity contribution in [2.45, 2.75) is 4.34 Å². The molecule has 0 radical (unpaired) electrons. The van der Waals surface area contributed by atoms with Gasteiger partial charge in [-0.3, -0.25) is 9.78 Å². The monoisotopic (exact) mass is 395 g/mol. The molecule has 0 unspecified atom stereocenters.